The van der Waals surface area contributed by atoms with Crippen molar-refractivity contribution in [3.05, 3.63) is 11.9 Å². The standard InChI is InChI=1S/C4H3ClN2O2/c5-1-4(8)3-2-6-9-7-3/h2H,1H2. The van der Waals surface area contributed by atoms with Crippen molar-refractivity contribution >= 4 is 17.4 Å². The van der Waals surface area contributed by atoms with Gasteiger partial charge in [-0.25, -0.2) is 4.63 Å². The summed E-state index contributed by atoms with van der Waals surface area (Å²) in [7, 11) is 0. The number of hydrogen-bond acceptors (Lipinski definition) is 4. The Kier molecular flexibility index (Phi) is 1.79. The molecule has 0 saturated carbocycles. The summed E-state index contributed by atoms with van der Waals surface area (Å²) in [4.78, 5) is 10.6. The Bertz CT molecular complexity index is 196. The number of nitrogens with zero attached hydrogens (tertiary/aromatic N) is 2. The highest BCUT2D eigenvalue weighted by Gasteiger charge is 2.06. The molecule has 0 amide bonds. The highest BCUT2D eigenvalue weighted by molar-refractivity contribution is 6.30. The van der Waals surface area contributed by atoms with Crippen LogP contribution in [-0.4, -0.2) is 22.0 Å². The van der Waals surface area contributed by atoms with Crippen molar-refractivity contribution in [3.8, 4) is 0 Å². The van der Waals surface area contributed by atoms with Gasteiger partial charge in [-0.05, 0) is 5.16 Å². The lowest BCUT2D eigenvalue weighted by molar-refractivity contribution is 0.101. The fraction of sp³-hybridized carbons (Fsp3) is 0.250. The minimum absolute atomic E-state index is 0.0891. The van der Waals surface area contributed by atoms with Gasteiger partial charge in [-0.3, -0.25) is 4.79 Å². The highest BCUT2D eigenvalue weighted by atomic mass is 35.5. The van der Waals surface area contributed by atoms with Crippen molar-refractivity contribution in [2.45, 2.75) is 0 Å². The van der Waals surface area contributed by atoms with E-state index < -0.39 is 0 Å². The maximum atomic E-state index is 10.6. The van der Waals surface area contributed by atoms with Crippen LogP contribution in [0.4, 0.5) is 0 Å². The smallest absolute Gasteiger partial charge is 0.201 e. The molecule has 1 aromatic heterocycles. The Hall–Kier alpha value is -0.900. The molecule has 48 valence electrons. The molecule has 1 heterocycles. The van der Waals surface area contributed by atoms with Crippen molar-refractivity contribution in [1.82, 2.24) is 10.3 Å². The molecular weight excluding hydrogens is 144 g/mol. The Balaban J connectivity index is 2.77. The fourth-order valence-corrected chi connectivity index (χ4v) is 0.493. The quantitative estimate of drug-likeness (QED) is 0.450. The molecule has 0 saturated heterocycles. The topological polar surface area (TPSA) is 56.0 Å². The number of rotatable bonds is 2. The number of hydrogen-bond donors (Lipinski definition) is 0. The monoisotopic (exact) mass is 146 g/mol. The van der Waals surface area contributed by atoms with Gasteiger partial charge in [0.15, 0.2) is 5.69 Å². The lowest BCUT2D eigenvalue weighted by atomic mass is 10.3. The van der Waals surface area contributed by atoms with Crippen molar-refractivity contribution in [1.29, 1.82) is 0 Å². The summed E-state index contributed by atoms with van der Waals surface area (Å²) < 4.78 is 4.16. The predicted molar refractivity (Wildman–Crippen MR) is 29.3 cm³/mol. The van der Waals surface area contributed by atoms with Gasteiger partial charge >= 0.3 is 0 Å². The van der Waals surface area contributed by atoms with Gasteiger partial charge in [-0.2, -0.15) is 0 Å². The summed E-state index contributed by atoms with van der Waals surface area (Å²) in [6, 6.07) is 0. The number of ketones is 1. The van der Waals surface area contributed by atoms with Gasteiger partial charge in [0.1, 0.15) is 6.20 Å². The predicted octanol–water partition coefficient (Wildman–Crippen LogP) is 0.491. The number of Topliss-reactive ketones (excluding diaryl/α,β-unsaturated/α-hetero) is 1. The molecule has 5 heteroatoms. The second kappa shape index (κ2) is 2.59. The van der Waals surface area contributed by atoms with Gasteiger partial charge < -0.3 is 0 Å². The average Bonchev–Trinajstić information content (AvgIpc) is 2.37. The van der Waals surface area contributed by atoms with Crippen LogP contribution in [0.1, 0.15) is 10.5 Å². The molecule has 0 N–H and O–H groups in total. The zero-order valence-corrected chi connectivity index (χ0v) is 5.13. The molecule has 0 aliphatic rings. The van der Waals surface area contributed by atoms with Crippen LogP contribution in [0.3, 0.4) is 0 Å². The van der Waals surface area contributed by atoms with Gasteiger partial charge in [0.25, 0.3) is 0 Å². The third-order valence-electron chi connectivity index (χ3n) is 0.768. The second-order valence-electron chi connectivity index (χ2n) is 1.35. The Morgan fingerprint density at radius 3 is 3.11 bits per heavy atom. The molecule has 0 fully saturated rings. The van der Waals surface area contributed by atoms with Crippen LogP contribution in [0.5, 0.6) is 0 Å². The number of carbonyl (C=O) groups is 1. The first-order valence-electron chi connectivity index (χ1n) is 2.21. The van der Waals surface area contributed by atoms with Crippen LogP contribution >= 0.6 is 11.6 Å². The fourth-order valence-electron chi connectivity index (χ4n) is 0.356. The molecule has 0 spiro atoms. The number of alkyl halides is 1. The normalized spacial score (nSPS) is 9.44. The maximum Gasteiger partial charge on any atom is 0.201 e. The van der Waals surface area contributed by atoms with E-state index in [1.807, 2.05) is 0 Å². The Morgan fingerprint density at radius 1 is 1.89 bits per heavy atom. The third-order valence-corrected chi connectivity index (χ3v) is 1.01. The van der Waals surface area contributed by atoms with Crippen LogP contribution in [-0.2, 0) is 0 Å². The summed E-state index contributed by atoms with van der Waals surface area (Å²) in [5, 5.41) is 6.49. The summed E-state index contributed by atoms with van der Waals surface area (Å²) in [5.41, 5.74) is 0.171. The van der Waals surface area contributed by atoms with E-state index in [2.05, 4.69) is 14.9 Å². The molecule has 9 heavy (non-hydrogen) atoms. The summed E-state index contributed by atoms with van der Waals surface area (Å²) in [6.45, 7) is 0. The first-order chi connectivity index (χ1) is 4.34. The number of aromatic nitrogens is 2. The van der Waals surface area contributed by atoms with E-state index in [0.29, 0.717) is 0 Å². The van der Waals surface area contributed by atoms with E-state index in [4.69, 9.17) is 11.6 Å². The van der Waals surface area contributed by atoms with Gasteiger partial charge in [0.2, 0.25) is 5.78 Å². The van der Waals surface area contributed by atoms with E-state index in [-0.39, 0.29) is 17.4 Å². The van der Waals surface area contributed by atoms with Crippen molar-refractivity contribution in [3.63, 3.8) is 0 Å². The molecule has 4 nitrogen and oxygen atoms in total. The molecular formula is C4H3ClN2O2. The lowest BCUT2D eigenvalue weighted by Crippen LogP contribution is -1.99. The van der Waals surface area contributed by atoms with Crippen molar-refractivity contribution < 1.29 is 9.42 Å². The lowest BCUT2D eigenvalue weighted by Gasteiger charge is -1.80. The minimum atomic E-state index is -0.280. The van der Waals surface area contributed by atoms with Gasteiger partial charge in [0.05, 0.1) is 5.88 Å². The Labute approximate surface area is 55.8 Å². The SMILES string of the molecule is O=C(CCl)c1cnon1. The number of carbonyl (C=O) groups excluding carboxylic acids is 1. The molecule has 0 aliphatic carbocycles. The summed E-state index contributed by atoms with van der Waals surface area (Å²) >= 11 is 5.18. The van der Waals surface area contributed by atoms with Crippen LogP contribution in [0.2, 0.25) is 0 Å². The van der Waals surface area contributed by atoms with Crippen LogP contribution in [0, 0.1) is 0 Å². The van der Waals surface area contributed by atoms with Crippen molar-refractivity contribution in [2.24, 2.45) is 0 Å². The molecule has 0 aliphatic heterocycles. The van der Waals surface area contributed by atoms with E-state index in [9.17, 15) is 4.79 Å². The second-order valence-corrected chi connectivity index (χ2v) is 1.62. The zero-order chi connectivity index (χ0) is 6.69. The largest absolute Gasteiger partial charge is 0.291 e. The zero-order valence-electron chi connectivity index (χ0n) is 4.37. The number of halogens is 1. The molecule has 0 bridgehead atoms. The van der Waals surface area contributed by atoms with Gasteiger partial charge in [-0.15, -0.1) is 11.6 Å². The van der Waals surface area contributed by atoms with Crippen LogP contribution in [0.15, 0.2) is 10.8 Å². The van der Waals surface area contributed by atoms with Crippen LogP contribution in [0.25, 0.3) is 0 Å². The Morgan fingerprint density at radius 2 is 2.67 bits per heavy atom. The first-order valence-corrected chi connectivity index (χ1v) is 2.75. The molecule has 0 atom stereocenters. The molecule has 0 unspecified atom stereocenters. The van der Waals surface area contributed by atoms with Gasteiger partial charge in [-0.1, -0.05) is 5.16 Å². The molecule has 0 radical (unpaired) electrons. The van der Waals surface area contributed by atoms with Crippen LogP contribution < -0.4 is 0 Å². The first kappa shape index (κ1) is 6.22. The van der Waals surface area contributed by atoms with E-state index in [0.717, 1.165) is 0 Å². The van der Waals surface area contributed by atoms with E-state index >= 15 is 0 Å². The van der Waals surface area contributed by atoms with Crippen molar-refractivity contribution in [2.75, 3.05) is 5.88 Å². The van der Waals surface area contributed by atoms with E-state index in [1.165, 1.54) is 6.20 Å². The minimum Gasteiger partial charge on any atom is -0.291 e. The van der Waals surface area contributed by atoms with Gasteiger partial charge in [0, 0.05) is 0 Å². The maximum absolute atomic E-state index is 10.6. The highest BCUT2D eigenvalue weighted by Crippen LogP contribution is 1.93. The summed E-state index contributed by atoms with van der Waals surface area (Å²) in [6.07, 6.45) is 1.23. The molecule has 0 aromatic carbocycles. The third kappa shape index (κ3) is 1.26. The molecule has 1 rings (SSSR count). The molecule has 1 aromatic rings. The van der Waals surface area contributed by atoms with E-state index in [1.54, 1.807) is 0 Å². The average molecular weight is 147 g/mol. The summed E-state index contributed by atoms with van der Waals surface area (Å²) in [5.74, 6) is -0.369.